The van der Waals surface area contributed by atoms with Crippen LogP contribution in [0.15, 0.2) is 0 Å². The van der Waals surface area contributed by atoms with Crippen LogP contribution in [0.2, 0.25) is 0 Å². The van der Waals surface area contributed by atoms with E-state index in [-0.39, 0.29) is 6.61 Å². The first-order valence-corrected chi connectivity index (χ1v) is 7.79. The zero-order valence-corrected chi connectivity index (χ0v) is 13.2. The lowest BCUT2D eigenvalue weighted by molar-refractivity contribution is 0.282. The van der Waals surface area contributed by atoms with Gasteiger partial charge >= 0.3 is 0 Å². The molecule has 1 aromatic heterocycles. The number of nitrogens with one attached hydrogen (secondary N) is 1. The van der Waals surface area contributed by atoms with Crippen molar-refractivity contribution in [3.63, 3.8) is 0 Å². The van der Waals surface area contributed by atoms with Gasteiger partial charge in [0.25, 0.3) is 0 Å². The summed E-state index contributed by atoms with van der Waals surface area (Å²) in [5.74, 6) is 1.93. The molecule has 7 nitrogen and oxygen atoms in total. The van der Waals surface area contributed by atoms with Crippen LogP contribution in [-0.4, -0.2) is 59.4 Å². The minimum atomic E-state index is 0.109. The van der Waals surface area contributed by atoms with Crippen molar-refractivity contribution in [3.05, 3.63) is 0 Å². The number of anilines is 3. The van der Waals surface area contributed by atoms with Gasteiger partial charge in [0.1, 0.15) is 0 Å². The molecule has 0 amide bonds. The Hall–Kier alpha value is -1.63. The van der Waals surface area contributed by atoms with Gasteiger partial charge in [0, 0.05) is 32.7 Å². The largest absolute Gasteiger partial charge is 0.395 e. The number of rotatable bonds is 8. The van der Waals surface area contributed by atoms with Gasteiger partial charge in [0.15, 0.2) is 0 Å². The number of hydrogen-bond acceptors (Lipinski definition) is 7. The van der Waals surface area contributed by atoms with Crippen LogP contribution in [0.5, 0.6) is 0 Å². The van der Waals surface area contributed by atoms with Crippen LogP contribution in [0.4, 0.5) is 17.8 Å². The lowest BCUT2D eigenvalue weighted by Crippen LogP contribution is -2.43. The summed E-state index contributed by atoms with van der Waals surface area (Å²) in [7, 11) is 1.81. The molecule has 1 saturated carbocycles. The van der Waals surface area contributed by atoms with Crippen LogP contribution in [0.25, 0.3) is 0 Å². The van der Waals surface area contributed by atoms with Gasteiger partial charge in [0.05, 0.1) is 6.61 Å². The summed E-state index contributed by atoms with van der Waals surface area (Å²) in [5.41, 5.74) is 0. The van der Waals surface area contributed by atoms with Crippen molar-refractivity contribution >= 4 is 17.8 Å². The summed E-state index contributed by atoms with van der Waals surface area (Å²) in [6.07, 6.45) is 3.52. The Morgan fingerprint density at radius 2 is 1.81 bits per heavy atom. The van der Waals surface area contributed by atoms with Crippen LogP contribution in [0.3, 0.4) is 0 Å². The van der Waals surface area contributed by atoms with Gasteiger partial charge in [0.2, 0.25) is 17.8 Å². The molecule has 1 heterocycles. The van der Waals surface area contributed by atoms with E-state index in [0.717, 1.165) is 25.9 Å². The molecule has 1 aromatic rings. The third-order valence-electron chi connectivity index (χ3n) is 3.99. The third kappa shape index (κ3) is 3.53. The van der Waals surface area contributed by atoms with Gasteiger partial charge in [-0.05, 0) is 33.1 Å². The average molecular weight is 294 g/mol. The quantitative estimate of drug-likeness (QED) is 0.743. The van der Waals surface area contributed by atoms with Crippen molar-refractivity contribution in [2.45, 2.75) is 39.2 Å². The lowest BCUT2D eigenvalue weighted by Gasteiger charge is -2.37. The summed E-state index contributed by atoms with van der Waals surface area (Å²) >= 11 is 0. The summed E-state index contributed by atoms with van der Waals surface area (Å²) in [6, 6.07) is 0.439. The second kappa shape index (κ2) is 7.40. The molecule has 21 heavy (non-hydrogen) atoms. The molecule has 0 bridgehead atoms. The van der Waals surface area contributed by atoms with Crippen molar-refractivity contribution in [1.82, 2.24) is 15.0 Å². The van der Waals surface area contributed by atoms with Gasteiger partial charge in [-0.1, -0.05) is 0 Å². The highest BCUT2D eigenvalue weighted by molar-refractivity contribution is 5.45. The third-order valence-corrected chi connectivity index (χ3v) is 3.99. The van der Waals surface area contributed by atoms with Crippen LogP contribution >= 0.6 is 0 Å². The number of aliphatic hydroxyl groups is 1. The fourth-order valence-electron chi connectivity index (χ4n) is 2.49. The van der Waals surface area contributed by atoms with Crippen molar-refractivity contribution in [3.8, 4) is 0 Å². The maximum absolute atomic E-state index is 9.32. The first-order valence-electron chi connectivity index (χ1n) is 7.79. The van der Waals surface area contributed by atoms with E-state index in [2.05, 4.69) is 43.9 Å². The Bertz CT molecular complexity index is 447. The van der Waals surface area contributed by atoms with Crippen molar-refractivity contribution in [2.24, 2.45) is 0 Å². The smallest absolute Gasteiger partial charge is 0.232 e. The molecule has 2 rings (SSSR count). The fraction of sp³-hybridized carbons (Fsp3) is 0.786. The summed E-state index contributed by atoms with van der Waals surface area (Å²) in [5, 5.41) is 12.3. The van der Waals surface area contributed by atoms with Crippen LogP contribution < -0.4 is 15.1 Å². The van der Waals surface area contributed by atoms with E-state index in [9.17, 15) is 5.11 Å². The summed E-state index contributed by atoms with van der Waals surface area (Å²) in [6.45, 7) is 6.55. The zero-order chi connectivity index (χ0) is 15.2. The maximum atomic E-state index is 9.32. The monoisotopic (exact) mass is 294 g/mol. The van der Waals surface area contributed by atoms with Gasteiger partial charge in [-0.25, -0.2) is 0 Å². The van der Waals surface area contributed by atoms with Crippen molar-refractivity contribution < 1.29 is 5.11 Å². The predicted octanol–water partition coefficient (Wildman–Crippen LogP) is 1.11. The van der Waals surface area contributed by atoms with E-state index in [1.165, 1.54) is 6.42 Å². The molecule has 0 aliphatic heterocycles. The first-order chi connectivity index (χ1) is 10.2. The molecule has 1 aliphatic carbocycles. The molecule has 0 saturated heterocycles. The van der Waals surface area contributed by atoms with Gasteiger partial charge in [-0.3, -0.25) is 0 Å². The molecule has 0 unspecified atom stereocenters. The zero-order valence-electron chi connectivity index (χ0n) is 13.2. The van der Waals surface area contributed by atoms with E-state index in [1.54, 1.807) is 0 Å². The van der Waals surface area contributed by atoms with Crippen molar-refractivity contribution in [2.75, 3.05) is 48.4 Å². The Morgan fingerprint density at radius 1 is 1.14 bits per heavy atom. The van der Waals surface area contributed by atoms with E-state index in [0.29, 0.717) is 30.4 Å². The average Bonchev–Trinajstić information content (AvgIpc) is 2.46. The second-order valence-corrected chi connectivity index (χ2v) is 5.18. The summed E-state index contributed by atoms with van der Waals surface area (Å²) < 4.78 is 0. The second-order valence-electron chi connectivity index (χ2n) is 5.18. The highest BCUT2D eigenvalue weighted by atomic mass is 16.3. The highest BCUT2D eigenvalue weighted by Crippen LogP contribution is 2.28. The molecular weight excluding hydrogens is 268 g/mol. The number of aromatic nitrogens is 3. The molecule has 118 valence electrons. The molecule has 2 N–H and O–H groups in total. The fourth-order valence-corrected chi connectivity index (χ4v) is 2.49. The van der Waals surface area contributed by atoms with E-state index >= 15 is 0 Å². The Kier molecular flexibility index (Phi) is 5.55. The van der Waals surface area contributed by atoms with Crippen LogP contribution in [0.1, 0.15) is 33.1 Å². The number of nitrogens with zero attached hydrogens (tertiary/aromatic N) is 5. The highest BCUT2D eigenvalue weighted by Gasteiger charge is 2.27. The molecule has 0 spiro atoms. The van der Waals surface area contributed by atoms with Gasteiger partial charge < -0.3 is 20.2 Å². The number of hydrogen-bond donors (Lipinski definition) is 2. The first kappa shape index (κ1) is 15.8. The molecular formula is C14H26N6O. The normalized spacial score (nSPS) is 14.7. The lowest BCUT2D eigenvalue weighted by atomic mass is 9.92. The van der Waals surface area contributed by atoms with Gasteiger partial charge in [-0.2, -0.15) is 15.0 Å². The standard InChI is InChI=1S/C14H26N6O/c1-4-19(5-2)13-16-12(15-3)17-14(18-13)20(9-10-21)11-7-6-8-11/h11,21H,4-10H2,1-3H3,(H,15,16,17,18). The van der Waals surface area contributed by atoms with Crippen LogP contribution in [0, 0.1) is 0 Å². The Balaban J connectivity index is 2.33. The van der Waals surface area contributed by atoms with E-state index in [1.807, 2.05) is 7.05 Å². The minimum absolute atomic E-state index is 0.109. The predicted molar refractivity (Wildman–Crippen MR) is 85.0 cm³/mol. The molecule has 0 radical (unpaired) electrons. The molecule has 1 aliphatic rings. The van der Waals surface area contributed by atoms with Gasteiger partial charge in [-0.15, -0.1) is 0 Å². The summed E-state index contributed by atoms with van der Waals surface area (Å²) in [4.78, 5) is 17.8. The maximum Gasteiger partial charge on any atom is 0.232 e. The van der Waals surface area contributed by atoms with Crippen molar-refractivity contribution in [1.29, 1.82) is 0 Å². The minimum Gasteiger partial charge on any atom is -0.395 e. The van der Waals surface area contributed by atoms with E-state index < -0.39 is 0 Å². The van der Waals surface area contributed by atoms with Crippen LogP contribution in [-0.2, 0) is 0 Å². The SMILES string of the molecule is CCN(CC)c1nc(NC)nc(N(CCO)C2CCC2)n1. The molecule has 0 atom stereocenters. The molecule has 1 fully saturated rings. The molecule has 0 aromatic carbocycles. The molecule has 7 heteroatoms. The topological polar surface area (TPSA) is 77.4 Å². The Morgan fingerprint density at radius 3 is 2.29 bits per heavy atom. The number of aliphatic hydroxyl groups excluding tert-OH is 1. The van der Waals surface area contributed by atoms with E-state index in [4.69, 9.17) is 0 Å². The Labute approximate surface area is 126 Å².